The van der Waals surface area contributed by atoms with Crippen LogP contribution in [0.5, 0.6) is 0 Å². The third kappa shape index (κ3) is 5.44. The number of hydrogen-bond acceptors (Lipinski definition) is 5. The highest BCUT2D eigenvalue weighted by Gasteiger charge is 2.26. The van der Waals surface area contributed by atoms with Crippen molar-refractivity contribution in [1.29, 1.82) is 0 Å². The van der Waals surface area contributed by atoms with Gasteiger partial charge in [0, 0.05) is 37.1 Å². The standard InChI is InChI=1S/C25H33N3O3/c1-5-19-8-7-9-20(6-2)24(19)26-23(29)17-27-14-15-28(16-18(27)3)22-12-10-21(11-13-22)25(30)31-4/h7-13,18H,5-6,14-17H2,1-4H3,(H,26,29). The molecule has 2 aromatic rings. The number of carbonyl (C=O) groups is 2. The number of benzene rings is 2. The monoisotopic (exact) mass is 423 g/mol. The van der Waals surface area contributed by atoms with Crippen LogP contribution in [0.4, 0.5) is 11.4 Å². The largest absolute Gasteiger partial charge is 0.465 e. The van der Waals surface area contributed by atoms with Crippen LogP contribution in [-0.4, -0.2) is 56.1 Å². The van der Waals surface area contributed by atoms with Gasteiger partial charge in [0.15, 0.2) is 0 Å². The predicted octanol–water partition coefficient (Wildman–Crippen LogP) is 3.75. The van der Waals surface area contributed by atoms with E-state index >= 15 is 0 Å². The third-order valence-corrected chi connectivity index (χ3v) is 6.03. The molecule has 0 aromatic heterocycles. The summed E-state index contributed by atoms with van der Waals surface area (Å²) in [7, 11) is 1.39. The fraction of sp³-hybridized carbons (Fsp3) is 0.440. The maximum atomic E-state index is 12.8. The van der Waals surface area contributed by atoms with E-state index in [2.05, 4.69) is 54.1 Å². The van der Waals surface area contributed by atoms with Crippen molar-refractivity contribution in [3.05, 3.63) is 59.2 Å². The topological polar surface area (TPSA) is 61.9 Å². The van der Waals surface area contributed by atoms with Crippen molar-refractivity contribution in [1.82, 2.24) is 4.90 Å². The lowest BCUT2D eigenvalue weighted by atomic mass is 10.0. The molecular formula is C25H33N3O3. The van der Waals surface area contributed by atoms with E-state index in [0.717, 1.165) is 43.9 Å². The molecule has 3 rings (SSSR count). The first-order chi connectivity index (χ1) is 15.0. The Kier molecular flexibility index (Phi) is 7.69. The molecule has 0 bridgehead atoms. The molecule has 6 nitrogen and oxygen atoms in total. The molecule has 2 aromatic carbocycles. The lowest BCUT2D eigenvalue weighted by Gasteiger charge is -2.40. The van der Waals surface area contributed by atoms with Crippen LogP contribution < -0.4 is 10.2 Å². The summed E-state index contributed by atoms with van der Waals surface area (Å²) in [6.45, 7) is 9.24. The second-order valence-electron chi connectivity index (χ2n) is 8.01. The van der Waals surface area contributed by atoms with Crippen molar-refractivity contribution in [2.45, 2.75) is 39.7 Å². The number of ether oxygens (including phenoxy) is 1. The van der Waals surface area contributed by atoms with Crippen LogP contribution in [0.1, 0.15) is 42.3 Å². The maximum absolute atomic E-state index is 12.8. The molecule has 31 heavy (non-hydrogen) atoms. The van der Waals surface area contributed by atoms with Crippen LogP contribution >= 0.6 is 0 Å². The summed E-state index contributed by atoms with van der Waals surface area (Å²) in [5.41, 5.74) is 4.97. The van der Waals surface area contributed by atoms with Gasteiger partial charge in [0.1, 0.15) is 0 Å². The Bertz CT molecular complexity index is 888. The van der Waals surface area contributed by atoms with Gasteiger partial charge >= 0.3 is 5.97 Å². The molecule has 0 spiro atoms. The zero-order valence-corrected chi connectivity index (χ0v) is 19.0. The fourth-order valence-electron chi connectivity index (χ4n) is 4.16. The number of nitrogens with zero attached hydrogens (tertiary/aromatic N) is 2. The highest BCUT2D eigenvalue weighted by molar-refractivity contribution is 5.94. The van der Waals surface area contributed by atoms with Crippen molar-refractivity contribution in [3.63, 3.8) is 0 Å². The number of esters is 1. The van der Waals surface area contributed by atoms with Crippen LogP contribution in [-0.2, 0) is 22.4 Å². The summed E-state index contributed by atoms with van der Waals surface area (Å²) in [4.78, 5) is 29.0. The van der Waals surface area contributed by atoms with Gasteiger partial charge < -0.3 is 15.0 Å². The van der Waals surface area contributed by atoms with Crippen molar-refractivity contribution < 1.29 is 14.3 Å². The third-order valence-electron chi connectivity index (χ3n) is 6.03. The van der Waals surface area contributed by atoms with E-state index < -0.39 is 0 Å². The SMILES string of the molecule is CCc1cccc(CC)c1NC(=O)CN1CCN(c2ccc(C(=O)OC)cc2)CC1C. The van der Waals surface area contributed by atoms with Crippen molar-refractivity contribution in [2.24, 2.45) is 0 Å². The van der Waals surface area contributed by atoms with E-state index in [1.807, 2.05) is 12.1 Å². The minimum Gasteiger partial charge on any atom is -0.465 e. The molecular weight excluding hydrogens is 390 g/mol. The van der Waals surface area contributed by atoms with E-state index in [9.17, 15) is 9.59 Å². The molecule has 166 valence electrons. The smallest absolute Gasteiger partial charge is 0.337 e. The van der Waals surface area contributed by atoms with Crippen LogP contribution in [0.15, 0.2) is 42.5 Å². The van der Waals surface area contributed by atoms with Gasteiger partial charge in [-0.25, -0.2) is 4.79 Å². The Balaban J connectivity index is 1.59. The van der Waals surface area contributed by atoms with E-state index in [4.69, 9.17) is 4.74 Å². The fourth-order valence-corrected chi connectivity index (χ4v) is 4.16. The molecule has 1 aliphatic rings. The predicted molar refractivity (Wildman–Crippen MR) is 125 cm³/mol. The first kappa shape index (κ1) is 22.8. The molecule has 1 unspecified atom stereocenters. The van der Waals surface area contributed by atoms with Crippen LogP contribution in [0, 0.1) is 0 Å². The Labute approximate surface area is 185 Å². The molecule has 1 fully saturated rings. The van der Waals surface area contributed by atoms with Gasteiger partial charge in [-0.1, -0.05) is 32.0 Å². The average Bonchev–Trinajstić information content (AvgIpc) is 2.80. The first-order valence-electron chi connectivity index (χ1n) is 11.0. The number of methoxy groups -OCH3 is 1. The summed E-state index contributed by atoms with van der Waals surface area (Å²) in [6.07, 6.45) is 1.79. The lowest BCUT2D eigenvalue weighted by molar-refractivity contribution is -0.117. The maximum Gasteiger partial charge on any atom is 0.337 e. The zero-order chi connectivity index (χ0) is 22.4. The van der Waals surface area contributed by atoms with E-state index in [0.29, 0.717) is 12.1 Å². The first-order valence-corrected chi connectivity index (χ1v) is 11.0. The quantitative estimate of drug-likeness (QED) is 0.688. The molecule has 1 N–H and O–H groups in total. The Morgan fingerprint density at radius 1 is 1.03 bits per heavy atom. The van der Waals surface area contributed by atoms with Gasteiger partial charge in [0.2, 0.25) is 5.91 Å². The number of hydrogen-bond donors (Lipinski definition) is 1. The van der Waals surface area contributed by atoms with Gasteiger partial charge in [0.05, 0.1) is 19.2 Å². The summed E-state index contributed by atoms with van der Waals surface area (Å²) in [5.74, 6) is -0.287. The number of rotatable bonds is 7. The summed E-state index contributed by atoms with van der Waals surface area (Å²) < 4.78 is 4.76. The molecule has 0 saturated carbocycles. The van der Waals surface area contributed by atoms with Gasteiger partial charge in [-0.2, -0.15) is 0 Å². The Hall–Kier alpha value is -2.86. The van der Waals surface area contributed by atoms with E-state index in [-0.39, 0.29) is 17.9 Å². The number of piperazine rings is 1. The van der Waals surface area contributed by atoms with Gasteiger partial charge in [-0.05, 0) is 55.2 Å². The normalized spacial score (nSPS) is 16.8. The number of amides is 1. The second-order valence-corrected chi connectivity index (χ2v) is 8.01. The molecule has 6 heteroatoms. The number of carbonyl (C=O) groups excluding carboxylic acids is 2. The summed E-state index contributed by atoms with van der Waals surface area (Å²) in [5, 5.41) is 3.18. The minimum absolute atomic E-state index is 0.0401. The number of nitrogens with one attached hydrogen (secondary N) is 1. The van der Waals surface area contributed by atoms with Gasteiger partial charge in [0.25, 0.3) is 0 Å². The molecule has 1 saturated heterocycles. The molecule has 0 aliphatic carbocycles. The number of anilines is 2. The van der Waals surface area contributed by atoms with Gasteiger partial charge in [-0.15, -0.1) is 0 Å². The minimum atomic E-state index is -0.327. The molecule has 1 atom stereocenters. The average molecular weight is 424 g/mol. The van der Waals surface area contributed by atoms with Gasteiger partial charge in [-0.3, -0.25) is 9.69 Å². The zero-order valence-electron chi connectivity index (χ0n) is 19.0. The number of para-hydroxylation sites is 1. The summed E-state index contributed by atoms with van der Waals surface area (Å²) in [6, 6.07) is 14.0. The Morgan fingerprint density at radius 2 is 1.68 bits per heavy atom. The highest BCUT2D eigenvalue weighted by Crippen LogP contribution is 2.23. The molecule has 0 radical (unpaired) electrons. The van der Waals surface area contributed by atoms with Crippen LogP contribution in [0.25, 0.3) is 0 Å². The van der Waals surface area contributed by atoms with Crippen molar-refractivity contribution >= 4 is 23.3 Å². The lowest BCUT2D eigenvalue weighted by Crippen LogP contribution is -2.53. The van der Waals surface area contributed by atoms with Crippen molar-refractivity contribution in [3.8, 4) is 0 Å². The van der Waals surface area contributed by atoms with Crippen molar-refractivity contribution in [2.75, 3.05) is 43.5 Å². The van der Waals surface area contributed by atoms with Crippen LogP contribution in [0.2, 0.25) is 0 Å². The van der Waals surface area contributed by atoms with Crippen LogP contribution in [0.3, 0.4) is 0 Å². The number of aryl methyl sites for hydroxylation is 2. The highest BCUT2D eigenvalue weighted by atomic mass is 16.5. The van der Waals surface area contributed by atoms with E-state index in [1.54, 1.807) is 12.1 Å². The Morgan fingerprint density at radius 3 is 2.23 bits per heavy atom. The molecule has 1 amide bonds. The molecule has 1 aliphatic heterocycles. The second kappa shape index (κ2) is 10.4. The summed E-state index contributed by atoms with van der Waals surface area (Å²) >= 11 is 0. The molecule has 1 heterocycles. The van der Waals surface area contributed by atoms with E-state index in [1.165, 1.54) is 18.2 Å².